The van der Waals surface area contributed by atoms with Gasteiger partial charge in [0.2, 0.25) is 5.91 Å². The van der Waals surface area contributed by atoms with E-state index in [1.54, 1.807) is 7.05 Å². The quantitative estimate of drug-likeness (QED) is 0.735. The number of amides is 1. The number of nitrogens with one attached hydrogen (secondary N) is 1. The van der Waals surface area contributed by atoms with Gasteiger partial charge in [-0.15, -0.1) is 0 Å². The zero-order valence-corrected chi connectivity index (χ0v) is 10.6. The van der Waals surface area contributed by atoms with Crippen LogP contribution in [0.2, 0.25) is 0 Å². The van der Waals surface area contributed by atoms with Crippen molar-refractivity contribution < 1.29 is 9.90 Å². The molecule has 1 aliphatic rings. The fraction of sp³-hybridized carbons (Fsp3) is 0.917. The van der Waals surface area contributed by atoms with Crippen LogP contribution in [0.1, 0.15) is 26.7 Å². The highest BCUT2D eigenvalue weighted by Gasteiger charge is 2.30. The van der Waals surface area contributed by atoms with Crippen molar-refractivity contribution in [1.29, 1.82) is 0 Å². The molecule has 0 bridgehead atoms. The second-order valence-electron chi connectivity index (χ2n) is 5.12. The summed E-state index contributed by atoms with van der Waals surface area (Å²) in [6.45, 7) is 6.10. The highest BCUT2D eigenvalue weighted by molar-refractivity contribution is 5.78. The van der Waals surface area contributed by atoms with E-state index in [9.17, 15) is 9.90 Å². The number of nitrogens with zero attached hydrogens (tertiary/aromatic N) is 1. The van der Waals surface area contributed by atoms with Crippen LogP contribution >= 0.6 is 0 Å². The number of carbonyl (C=O) groups excluding carboxylic acids is 1. The average Bonchev–Trinajstić information content (AvgIpc) is 2.21. The highest BCUT2D eigenvalue weighted by Crippen LogP contribution is 2.23. The van der Waals surface area contributed by atoms with Gasteiger partial charge >= 0.3 is 0 Å². The Labute approximate surface area is 98.0 Å². The zero-order valence-electron chi connectivity index (χ0n) is 10.6. The minimum absolute atomic E-state index is 0.142. The molecule has 0 radical (unpaired) electrons. The van der Waals surface area contributed by atoms with E-state index in [1.165, 1.54) is 0 Å². The van der Waals surface area contributed by atoms with Crippen LogP contribution in [0.15, 0.2) is 0 Å². The molecule has 1 heterocycles. The number of piperidine rings is 1. The van der Waals surface area contributed by atoms with E-state index in [-0.39, 0.29) is 17.9 Å². The largest absolute Gasteiger partial charge is 0.393 e. The maximum Gasteiger partial charge on any atom is 0.236 e. The van der Waals surface area contributed by atoms with Crippen LogP contribution in [0.5, 0.6) is 0 Å². The lowest BCUT2D eigenvalue weighted by Crippen LogP contribution is -2.48. The molecule has 0 aromatic heterocycles. The minimum Gasteiger partial charge on any atom is -0.393 e. The molecule has 1 saturated heterocycles. The molecule has 0 aliphatic carbocycles. The van der Waals surface area contributed by atoms with E-state index >= 15 is 0 Å². The van der Waals surface area contributed by atoms with Gasteiger partial charge in [-0.25, -0.2) is 0 Å². The third-order valence-corrected chi connectivity index (χ3v) is 3.15. The highest BCUT2D eigenvalue weighted by atomic mass is 16.3. The molecule has 2 N–H and O–H groups in total. The molecule has 0 aromatic rings. The molecule has 1 amide bonds. The Morgan fingerprint density at radius 1 is 1.56 bits per heavy atom. The smallest absolute Gasteiger partial charge is 0.236 e. The van der Waals surface area contributed by atoms with Crippen LogP contribution in [0.4, 0.5) is 0 Å². The molecule has 4 heteroatoms. The Hall–Kier alpha value is -0.610. The predicted octanol–water partition coefficient (Wildman–Crippen LogP) is 0.461. The molecule has 0 aromatic carbocycles. The summed E-state index contributed by atoms with van der Waals surface area (Å²) in [5, 5.41) is 12.8. The van der Waals surface area contributed by atoms with Gasteiger partial charge in [0.15, 0.2) is 0 Å². The molecule has 1 aliphatic heterocycles. The van der Waals surface area contributed by atoms with Gasteiger partial charge in [0, 0.05) is 19.0 Å². The SMILES string of the molecule is CNCC(=O)N1CC[C@H](O)[C@H](CC(C)C)C1. The van der Waals surface area contributed by atoms with E-state index in [0.717, 1.165) is 6.42 Å². The first-order valence-corrected chi connectivity index (χ1v) is 6.15. The van der Waals surface area contributed by atoms with Crippen molar-refractivity contribution in [2.75, 3.05) is 26.7 Å². The number of aliphatic hydroxyl groups excluding tert-OH is 1. The molecule has 94 valence electrons. The Morgan fingerprint density at radius 2 is 2.25 bits per heavy atom. The van der Waals surface area contributed by atoms with E-state index < -0.39 is 0 Å². The molecular weight excluding hydrogens is 204 g/mol. The molecule has 0 saturated carbocycles. The number of hydrogen-bond acceptors (Lipinski definition) is 3. The van der Waals surface area contributed by atoms with Gasteiger partial charge < -0.3 is 15.3 Å². The Balaban J connectivity index is 2.49. The summed E-state index contributed by atoms with van der Waals surface area (Å²) < 4.78 is 0. The normalized spacial score (nSPS) is 26.2. The first-order valence-electron chi connectivity index (χ1n) is 6.15. The lowest BCUT2D eigenvalue weighted by molar-refractivity contribution is -0.134. The molecule has 1 rings (SSSR count). The minimum atomic E-state index is -0.235. The van der Waals surface area contributed by atoms with Gasteiger partial charge in [-0.2, -0.15) is 0 Å². The van der Waals surface area contributed by atoms with Gasteiger partial charge in [-0.3, -0.25) is 4.79 Å². The summed E-state index contributed by atoms with van der Waals surface area (Å²) in [5.74, 6) is 0.955. The number of likely N-dealkylation sites (N-methyl/N-ethyl adjacent to an activating group) is 1. The van der Waals surface area contributed by atoms with Crippen molar-refractivity contribution in [3.8, 4) is 0 Å². The van der Waals surface area contributed by atoms with Gasteiger partial charge in [-0.05, 0) is 25.8 Å². The second kappa shape index (κ2) is 6.21. The summed E-state index contributed by atoms with van der Waals surface area (Å²) in [4.78, 5) is 13.6. The van der Waals surface area contributed by atoms with Gasteiger partial charge in [0.1, 0.15) is 0 Å². The topological polar surface area (TPSA) is 52.6 Å². The number of hydrogen-bond donors (Lipinski definition) is 2. The van der Waals surface area contributed by atoms with Gasteiger partial charge in [0.25, 0.3) is 0 Å². The van der Waals surface area contributed by atoms with Crippen LogP contribution in [-0.4, -0.2) is 48.7 Å². The monoisotopic (exact) mass is 228 g/mol. The third-order valence-electron chi connectivity index (χ3n) is 3.15. The van der Waals surface area contributed by atoms with Crippen molar-refractivity contribution in [3.63, 3.8) is 0 Å². The molecule has 0 spiro atoms. The number of aliphatic hydroxyl groups is 1. The predicted molar refractivity (Wildman–Crippen MR) is 64.1 cm³/mol. The number of carbonyl (C=O) groups is 1. The van der Waals surface area contributed by atoms with Crippen molar-refractivity contribution in [3.05, 3.63) is 0 Å². The maximum atomic E-state index is 11.7. The fourth-order valence-corrected chi connectivity index (χ4v) is 2.35. The van der Waals surface area contributed by atoms with Crippen molar-refractivity contribution in [2.45, 2.75) is 32.8 Å². The lowest BCUT2D eigenvalue weighted by Gasteiger charge is -2.37. The summed E-state index contributed by atoms with van der Waals surface area (Å²) in [7, 11) is 1.78. The average molecular weight is 228 g/mol. The van der Waals surface area contributed by atoms with Crippen molar-refractivity contribution in [1.82, 2.24) is 10.2 Å². The van der Waals surface area contributed by atoms with Crippen LogP contribution in [0.25, 0.3) is 0 Å². The standard InChI is InChI=1S/C12H24N2O2/c1-9(2)6-10-8-14(5-4-11(10)15)12(16)7-13-3/h9-11,13,15H,4-8H2,1-3H3/t10-,11+/m1/s1. The Bertz CT molecular complexity index is 231. The fourth-order valence-electron chi connectivity index (χ4n) is 2.35. The van der Waals surface area contributed by atoms with Gasteiger partial charge in [0.05, 0.1) is 12.6 Å². The summed E-state index contributed by atoms with van der Waals surface area (Å²) in [6.07, 6.45) is 1.47. The summed E-state index contributed by atoms with van der Waals surface area (Å²) in [5.41, 5.74) is 0. The van der Waals surface area contributed by atoms with Crippen molar-refractivity contribution >= 4 is 5.91 Å². The molecule has 16 heavy (non-hydrogen) atoms. The molecule has 2 atom stereocenters. The van der Waals surface area contributed by atoms with E-state index in [2.05, 4.69) is 19.2 Å². The maximum absolute atomic E-state index is 11.7. The van der Waals surface area contributed by atoms with Crippen molar-refractivity contribution in [2.24, 2.45) is 11.8 Å². The zero-order chi connectivity index (χ0) is 12.1. The lowest BCUT2D eigenvalue weighted by atomic mass is 9.87. The molecule has 0 unspecified atom stereocenters. The third kappa shape index (κ3) is 3.76. The second-order valence-corrected chi connectivity index (χ2v) is 5.12. The van der Waals surface area contributed by atoms with E-state index in [0.29, 0.717) is 32.0 Å². The first-order chi connectivity index (χ1) is 7.54. The van der Waals surface area contributed by atoms with Crippen LogP contribution in [0.3, 0.4) is 0 Å². The van der Waals surface area contributed by atoms with Crippen LogP contribution in [0, 0.1) is 11.8 Å². The van der Waals surface area contributed by atoms with Gasteiger partial charge in [-0.1, -0.05) is 13.8 Å². The molecule has 1 fully saturated rings. The van der Waals surface area contributed by atoms with E-state index in [1.807, 2.05) is 4.90 Å². The Kier molecular flexibility index (Phi) is 5.22. The number of rotatable bonds is 4. The number of likely N-dealkylation sites (tertiary alicyclic amines) is 1. The summed E-state index contributed by atoms with van der Waals surface area (Å²) >= 11 is 0. The van der Waals surface area contributed by atoms with Crippen LogP contribution in [-0.2, 0) is 4.79 Å². The van der Waals surface area contributed by atoms with Crippen LogP contribution < -0.4 is 5.32 Å². The summed E-state index contributed by atoms with van der Waals surface area (Å²) in [6, 6.07) is 0. The molecule has 4 nitrogen and oxygen atoms in total. The first kappa shape index (κ1) is 13.5. The van der Waals surface area contributed by atoms with E-state index in [4.69, 9.17) is 0 Å². The molecular formula is C12H24N2O2. The Morgan fingerprint density at radius 3 is 2.81 bits per heavy atom.